The van der Waals surface area contributed by atoms with E-state index in [-0.39, 0.29) is 18.9 Å². The standard InChI is InChI=1S/C20H30F3N3O3/c1-3-24-19(26-9-8-15(12-26)13-28-4-2)25-11-17(27)14-29-18-7-5-6-16(10-18)20(21,22)23/h5-7,10,15,17,27H,3-4,8-9,11-14H2,1-2H3,(H,24,25). The molecule has 9 heteroatoms. The van der Waals surface area contributed by atoms with Crippen molar-refractivity contribution < 1.29 is 27.8 Å². The van der Waals surface area contributed by atoms with E-state index >= 15 is 0 Å². The van der Waals surface area contributed by atoms with Gasteiger partial charge >= 0.3 is 6.18 Å². The number of aliphatic hydroxyl groups excluding tert-OH is 1. The lowest BCUT2D eigenvalue weighted by molar-refractivity contribution is -0.137. The fourth-order valence-corrected chi connectivity index (χ4v) is 3.07. The summed E-state index contributed by atoms with van der Waals surface area (Å²) in [5.41, 5.74) is -0.785. The number of rotatable bonds is 9. The molecule has 1 aromatic carbocycles. The number of guanidine groups is 1. The Bertz CT molecular complexity index is 655. The topological polar surface area (TPSA) is 66.3 Å². The number of aliphatic imine (C=N–C) groups is 1. The molecule has 2 N–H and O–H groups in total. The van der Waals surface area contributed by atoms with Crippen LogP contribution in [0.4, 0.5) is 13.2 Å². The Morgan fingerprint density at radius 1 is 1.38 bits per heavy atom. The molecule has 0 radical (unpaired) electrons. The van der Waals surface area contributed by atoms with Crippen molar-refractivity contribution >= 4 is 5.96 Å². The number of nitrogens with zero attached hydrogens (tertiary/aromatic N) is 2. The second-order valence-corrected chi connectivity index (χ2v) is 6.95. The lowest BCUT2D eigenvalue weighted by Gasteiger charge is -2.22. The van der Waals surface area contributed by atoms with Crippen molar-refractivity contribution in [2.75, 3.05) is 46.0 Å². The fraction of sp³-hybridized carbons (Fsp3) is 0.650. The maximum absolute atomic E-state index is 12.8. The van der Waals surface area contributed by atoms with Crippen LogP contribution in [0.25, 0.3) is 0 Å². The summed E-state index contributed by atoms with van der Waals surface area (Å²) in [7, 11) is 0. The first-order valence-corrected chi connectivity index (χ1v) is 9.92. The number of hydrogen-bond donors (Lipinski definition) is 2. The number of ether oxygens (including phenoxy) is 2. The number of halogens is 3. The Balaban J connectivity index is 1.86. The molecule has 29 heavy (non-hydrogen) atoms. The van der Waals surface area contributed by atoms with Crippen LogP contribution in [0.5, 0.6) is 5.75 Å². The zero-order valence-electron chi connectivity index (χ0n) is 16.9. The second kappa shape index (κ2) is 11.3. The highest BCUT2D eigenvalue weighted by Crippen LogP contribution is 2.31. The van der Waals surface area contributed by atoms with Crippen LogP contribution in [0.15, 0.2) is 29.3 Å². The van der Waals surface area contributed by atoms with Gasteiger partial charge < -0.3 is 24.8 Å². The quantitative estimate of drug-likeness (QED) is 0.478. The second-order valence-electron chi connectivity index (χ2n) is 6.95. The molecule has 0 saturated carbocycles. The van der Waals surface area contributed by atoms with Crippen molar-refractivity contribution in [2.24, 2.45) is 10.9 Å². The smallest absolute Gasteiger partial charge is 0.416 e. The van der Waals surface area contributed by atoms with Gasteiger partial charge in [0.25, 0.3) is 0 Å². The van der Waals surface area contributed by atoms with Crippen molar-refractivity contribution in [2.45, 2.75) is 32.5 Å². The van der Waals surface area contributed by atoms with Gasteiger partial charge in [0.1, 0.15) is 18.5 Å². The average Bonchev–Trinajstić information content (AvgIpc) is 3.16. The number of benzene rings is 1. The molecule has 1 fully saturated rings. The summed E-state index contributed by atoms with van der Waals surface area (Å²) in [5, 5.41) is 13.4. The molecule has 0 amide bonds. The highest BCUT2D eigenvalue weighted by atomic mass is 19.4. The molecule has 164 valence electrons. The average molecular weight is 417 g/mol. The summed E-state index contributed by atoms with van der Waals surface area (Å²) in [5.74, 6) is 1.23. The Morgan fingerprint density at radius 2 is 2.17 bits per heavy atom. The number of likely N-dealkylation sites (tertiary alicyclic amines) is 1. The Labute approximate surface area is 169 Å². The molecule has 1 saturated heterocycles. The molecule has 2 rings (SSSR count). The molecule has 0 aliphatic carbocycles. The number of aliphatic hydroxyl groups is 1. The molecule has 2 unspecified atom stereocenters. The van der Waals surface area contributed by atoms with E-state index in [1.54, 1.807) is 0 Å². The highest BCUT2D eigenvalue weighted by molar-refractivity contribution is 5.80. The molecule has 0 bridgehead atoms. The van der Waals surface area contributed by atoms with Crippen LogP contribution < -0.4 is 10.1 Å². The summed E-state index contributed by atoms with van der Waals surface area (Å²) < 4.78 is 49.1. The Kier molecular flexibility index (Phi) is 9.03. The van der Waals surface area contributed by atoms with E-state index in [1.165, 1.54) is 12.1 Å². The maximum atomic E-state index is 12.8. The van der Waals surface area contributed by atoms with Crippen molar-refractivity contribution in [3.05, 3.63) is 29.8 Å². The summed E-state index contributed by atoms with van der Waals surface area (Å²) in [6.45, 7) is 7.70. The van der Waals surface area contributed by atoms with Gasteiger partial charge in [-0.1, -0.05) is 6.07 Å². The first kappa shape index (κ1) is 23.3. The molecule has 6 nitrogen and oxygen atoms in total. The third kappa shape index (κ3) is 7.74. The lowest BCUT2D eigenvalue weighted by Crippen LogP contribution is -2.41. The van der Waals surface area contributed by atoms with Gasteiger partial charge in [-0.05, 0) is 38.5 Å². The van der Waals surface area contributed by atoms with E-state index in [2.05, 4.69) is 15.2 Å². The minimum absolute atomic E-state index is 0.0630. The van der Waals surface area contributed by atoms with Crippen LogP contribution in [0.3, 0.4) is 0 Å². The third-order valence-corrected chi connectivity index (χ3v) is 4.53. The third-order valence-electron chi connectivity index (χ3n) is 4.53. The molecular weight excluding hydrogens is 387 g/mol. The van der Waals surface area contributed by atoms with Crippen LogP contribution in [0, 0.1) is 5.92 Å². The normalized spacial score (nSPS) is 18.8. The van der Waals surface area contributed by atoms with E-state index in [0.29, 0.717) is 25.0 Å². The zero-order valence-corrected chi connectivity index (χ0v) is 16.9. The minimum atomic E-state index is -4.43. The Hall–Kier alpha value is -2.00. The van der Waals surface area contributed by atoms with Gasteiger partial charge in [-0.25, -0.2) is 0 Å². The van der Waals surface area contributed by atoms with Gasteiger partial charge in [-0.2, -0.15) is 13.2 Å². The van der Waals surface area contributed by atoms with Gasteiger partial charge in [0.15, 0.2) is 5.96 Å². The molecule has 1 heterocycles. The predicted octanol–water partition coefficient (Wildman–Crippen LogP) is 2.77. The molecule has 1 aromatic rings. The van der Waals surface area contributed by atoms with Crippen molar-refractivity contribution in [1.29, 1.82) is 0 Å². The number of nitrogens with one attached hydrogen (secondary N) is 1. The van der Waals surface area contributed by atoms with Gasteiger partial charge in [-0.3, -0.25) is 4.99 Å². The lowest BCUT2D eigenvalue weighted by atomic mass is 10.1. The van der Waals surface area contributed by atoms with Gasteiger partial charge in [0, 0.05) is 32.2 Å². The maximum Gasteiger partial charge on any atom is 0.416 e. The summed E-state index contributed by atoms with van der Waals surface area (Å²) >= 11 is 0. The van der Waals surface area contributed by atoms with E-state index in [9.17, 15) is 18.3 Å². The number of hydrogen-bond acceptors (Lipinski definition) is 4. The minimum Gasteiger partial charge on any atom is -0.491 e. The summed E-state index contributed by atoms with van der Waals surface area (Å²) in [6, 6.07) is 4.60. The van der Waals surface area contributed by atoms with Gasteiger partial charge in [0.2, 0.25) is 0 Å². The molecule has 2 atom stereocenters. The van der Waals surface area contributed by atoms with Crippen LogP contribution in [0.1, 0.15) is 25.8 Å². The first-order valence-electron chi connectivity index (χ1n) is 9.92. The van der Waals surface area contributed by atoms with E-state index in [0.717, 1.165) is 38.2 Å². The SMILES string of the molecule is CCNC(=NCC(O)COc1cccc(C(F)(F)F)c1)N1CCC(COCC)C1. The van der Waals surface area contributed by atoms with E-state index in [1.807, 2.05) is 13.8 Å². The first-order chi connectivity index (χ1) is 13.8. The molecule has 0 aromatic heterocycles. The molecule has 0 spiro atoms. The number of alkyl halides is 3. The molecular formula is C20H30F3N3O3. The summed E-state index contributed by atoms with van der Waals surface area (Å²) in [6.07, 6.45) is -4.34. The zero-order chi connectivity index (χ0) is 21.3. The Morgan fingerprint density at radius 3 is 2.86 bits per heavy atom. The van der Waals surface area contributed by atoms with Crippen molar-refractivity contribution in [3.8, 4) is 5.75 Å². The monoisotopic (exact) mass is 417 g/mol. The van der Waals surface area contributed by atoms with Crippen LogP contribution in [-0.2, 0) is 10.9 Å². The van der Waals surface area contributed by atoms with E-state index < -0.39 is 17.8 Å². The largest absolute Gasteiger partial charge is 0.491 e. The molecule has 1 aliphatic rings. The summed E-state index contributed by atoms with van der Waals surface area (Å²) in [4.78, 5) is 6.59. The van der Waals surface area contributed by atoms with Crippen LogP contribution >= 0.6 is 0 Å². The van der Waals surface area contributed by atoms with Gasteiger partial charge in [0.05, 0.1) is 18.7 Å². The fourth-order valence-electron chi connectivity index (χ4n) is 3.07. The van der Waals surface area contributed by atoms with Crippen LogP contribution in [0.2, 0.25) is 0 Å². The van der Waals surface area contributed by atoms with Crippen molar-refractivity contribution in [1.82, 2.24) is 10.2 Å². The predicted molar refractivity (Wildman–Crippen MR) is 105 cm³/mol. The van der Waals surface area contributed by atoms with Gasteiger partial charge in [-0.15, -0.1) is 0 Å². The van der Waals surface area contributed by atoms with Crippen molar-refractivity contribution in [3.63, 3.8) is 0 Å². The highest BCUT2D eigenvalue weighted by Gasteiger charge is 2.30. The van der Waals surface area contributed by atoms with Crippen LogP contribution in [-0.4, -0.2) is 68.1 Å². The van der Waals surface area contributed by atoms with E-state index in [4.69, 9.17) is 9.47 Å². The molecule has 1 aliphatic heterocycles.